The maximum absolute atomic E-state index is 5.89. The second-order valence-corrected chi connectivity index (χ2v) is 3.58. The minimum absolute atomic E-state index is 0.107. The zero-order chi connectivity index (χ0) is 8.69. The van der Waals surface area contributed by atoms with Crippen molar-refractivity contribution in [3.63, 3.8) is 0 Å². The van der Waals surface area contributed by atoms with Gasteiger partial charge in [-0.25, -0.2) is 0 Å². The number of rotatable bonds is 6. The normalized spacial score (nSPS) is 16.4. The second kappa shape index (κ2) is 6.89. The van der Waals surface area contributed by atoms with Gasteiger partial charge in [0.1, 0.15) is 0 Å². The zero-order valence-corrected chi connectivity index (χ0v) is 7.98. The molecule has 0 fully saturated rings. The van der Waals surface area contributed by atoms with Crippen molar-refractivity contribution in [3.05, 3.63) is 0 Å². The molecule has 0 spiro atoms. The number of halogens is 1. The molecule has 4 N–H and O–H groups in total. The fourth-order valence-electron chi connectivity index (χ4n) is 1.20. The van der Waals surface area contributed by atoms with Crippen molar-refractivity contribution >= 4 is 11.6 Å². The van der Waals surface area contributed by atoms with Gasteiger partial charge in [-0.2, -0.15) is 0 Å². The topological polar surface area (TPSA) is 52.0 Å². The van der Waals surface area contributed by atoms with E-state index in [2.05, 4.69) is 6.92 Å². The molecule has 0 aromatic rings. The third-order valence-corrected chi connectivity index (χ3v) is 2.23. The van der Waals surface area contributed by atoms with Gasteiger partial charge in [0.25, 0.3) is 0 Å². The Hall–Kier alpha value is 0.210. The minimum atomic E-state index is 0.107. The van der Waals surface area contributed by atoms with Crippen LogP contribution in [0.4, 0.5) is 0 Å². The van der Waals surface area contributed by atoms with Gasteiger partial charge < -0.3 is 11.5 Å². The summed E-state index contributed by atoms with van der Waals surface area (Å²) in [6.45, 7) is 3.45. The molecule has 0 rings (SSSR count). The molecule has 68 valence electrons. The molecule has 11 heavy (non-hydrogen) atoms. The first-order chi connectivity index (χ1) is 5.24. The molecule has 0 radical (unpaired) electrons. The number of alkyl halides is 1. The SMILES string of the molecule is CCCC(CN)CC(Cl)CN. The van der Waals surface area contributed by atoms with E-state index in [0.29, 0.717) is 12.5 Å². The standard InChI is InChI=1S/C8H19ClN2/c1-2-3-7(5-10)4-8(9)6-11/h7-8H,2-6,10-11H2,1H3. The van der Waals surface area contributed by atoms with Crippen LogP contribution >= 0.6 is 11.6 Å². The van der Waals surface area contributed by atoms with Crippen LogP contribution < -0.4 is 11.5 Å². The molecule has 0 saturated carbocycles. The van der Waals surface area contributed by atoms with E-state index in [1.807, 2.05) is 0 Å². The summed E-state index contributed by atoms with van der Waals surface area (Å²) in [6, 6.07) is 0. The molecule has 0 aliphatic heterocycles. The Morgan fingerprint density at radius 2 is 1.91 bits per heavy atom. The second-order valence-electron chi connectivity index (χ2n) is 2.96. The fourth-order valence-corrected chi connectivity index (χ4v) is 1.45. The van der Waals surface area contributed by atoms with E-state index in [1.54, 1.807) is 0 Å². The van der Waals surface area contributed by atoms with Crippen molar-refractivity contribution in [1.82, 2.24) is 0 Å². The summed E-state index contributed by atoms with van der Waals surface area (Å²) in [5.41, 5.74) is 11.0. The lowest BCUT2D eigenvalue weighted by atomic mass is 9.98. The summed E-state index contributed by atoms with van der Waals surface area (Å²) in [5, 5.41) is 0.107. The molecule has 0 aliphatic carbocycles. The number of hydrogen-bond acceptors (Lipinski definition) is 2. The predicted octanol–water partition coefficient (Wildman–Crippen LogP) is 1.32. The molecule has 0 amide bonds. The van der Waals surface area contributed by atoms with Gasteiger partial charge in [0.2, 0.25) is 0 Å². The van der Waals surface area contributed by atoms with Crippen LogP contribution in [0.3, 0.4) is 0 Å². The first-order valence-electron chi connectivity index (χ1n) is 4.28. The highest BCUT2D eigenvalue weighted by Crippen LogP contribution is 2.14. The van der Waals surface area contributed by atoms with E-state index < -0.39 is 0 Å². The van der Waals surface area contributed by atoms with E-state index in [-0.39, 0.29) is 5.38 Å². The smallest absolute Gasteiger partial charge is 0.0461 e. The quantitative estimate of drug-likeness (QED) is 0.603. The monoisotopic (exact) mass is 178 g/mol. The first-order valence-corrected chi connectivity index (χ1v) is 4.72. The van der Waals surface area contributed by atoms with Gasteiger partial charge in [-0.05, 0) is 25.3 Å². The highest BCUT2D eigenvalue weighted by atomic mass is 35.5. The van der Waals surface area contributed by atoms with E-state index >= 15 is 0 Å². The number of nitrogens with two attached hydrogens (primary N) is 2. The largest absolute Gasteiger partial charge is 0.330 e. The van der Waals surface area contributed by atoms with Crippen molar-refractivity contribution in [2.75, 3.05) is 13.1 Å². The molecule has 0 saturated heterocycles. The van der Waals surface area contributed by atoms with Crippen LogP contribution in [0.2, 0.25) is 0 Å². The summed E-state index contributed by atoms with van der Waals surface area (Å²) in [5.74, 6) is 0.561. The maximum atomic E-state index is 5.89. The summed E-state index contributed by atoms with van der Waals surface area (Å²) >= 11 is 5.89. The van der Waals surface area contributed by atoms with Crippen molar-refractivity contribution in [1.29, 1.82) is 0 Å². The fraction of sp³-hybridized carbons (Fsp3) is 1.00. The number of hydrogen-bond donors (Lipinski definition) is 2. The molecular formula is C8H19ClN2. The van der Waals surface area contributed by atoms with Gasteiger partial charge in [-0.3, -0.25) is 0 Å². The minimum Gasteiger partial charge on any atom is -0.330 e. The maximum Gasteiger partial charge on any atom is 0.0461 e. The molecule has 0 heterocycles. The summed E-state index contributed by atoms with van der Waals surface area (Å²) in [7, 11) is 0. The molecule has 2 atom stereocenters. The van der Waals surface area contributed by atoms with Gasteiger partial charge in [0.05, 0.1) is 0 Å². The summed E-state index contributed by atoms with van der Waals surface area (Å²) in [4.78, 5) is 0. The van der Waals surface area contributed by atoms with Crippen LogP contribution in [0.15, 0.2) is 0 Å². The van der Waals surface area contributed by atoms with Crippen LogP contribution in [-0.2, 0) is 0 Å². The summed E-state index contributed by atoms with van der Waals surface area (Å²) in [6.07, 6.45) is 3.30. The van der Waals surface area contributed by atoms with Gasteiger partial charge in [0.15, 0.2) is 0 Å². The molecule has 2 nitrogen and oxygen atoms in total. The van der Waals surface area contributed by atoms with E-state index in [0.717, 1.165) is 13.0 Å². The van der Waals surface area contributed by atoms with Crippen molar-refractivity contribution in [3.8, 4) is 0 Å². The lowest BCUT2D eigenvalue weighted by Crippen LogP contribution is -2.22. The lowest BCUT2D eigenvalue weighted by Gasteiger charge is -2.15. The Morgan fingerprint density at radius 1 is 1.27 bits per heavy atom. The highest BCUT2D eigenvalue weighted by molar-refractivity contribution is 6.20. The van der Waals surface area contributed by atoms with Crippen LogP contribution in [0.5, 0.6) is 0 Å². The predicted molar refractivity (Wildman–Crippen MR) is 50.8 cm³/mol. The average Bonchev–Trinajstić information content (AvgIpc) is 2.03. The Balaban J connectivity index is 3.49. The highest BCUT2D eigenvalue weighted by Gasteiger charge is 2.10. The van der Waals surface area contributed by atoms with Gasteiger partial charge in [-0.15, -0.1) is 11.6 Å². The Bertz CT molecular complexity index is 88.2. The Morgan fingerprint density at radius 3 is 2.27 bits per heavy atom. The molecular weight excluding hydrogens is 160 g/mol. The van der Waals surface area contributed by atoms with E-state index in [9.17, 15) is 0 Å². The first kappa shape index (κ1) is 11.2. The zero-order valence-electron chi connectivity index (χ0n) is 7.22. The average molecular weight is 179 g/mol. The Kier molecular flexibility index (Phi) is 7.02. The molecule has 0 bridgehead atoms. The van der Waals surface area contributed by atoms with Crippen LogP contribution in [0.1, 0.15) is 26.2 Å². The third kappa shape index (κ3) is 5.48. The van der Waals surface area contributed by atoms with Crippen LogP contribution in [0.25, 0.3) is 0 Å². The summed E-state index contributed by atoms with van der Waals surface area (Å²) < 4.78 is 0. The van der Waals surface area contributed by atoms with Crippen molar-refractivity contribution in [2.45, 2.75) is 31.6 Å². The van der Waals surface area contributed by atoms with Gasteiger partial charge >= 0.3 is 0 Å². The van der Waals surface area contributed by atoms with Gasteiger partial charge in [0, 0.05) is 11.9 Å². The van der Waals surface area contributed by atoms with Crippen LogP contribution in [-0.4, -0.2) is 18.5 Å². The lowest BCUT2D eigenvalue weighted by molar-refractivity contribution is 0.447. The van der Waals surface area contributed by atoms with E-state index in [1.165, 1.54) is 12.8 Å². The third-order valence-electron chi connectivity index (χ3n) is 1.88. The molecule has 2 unspecified atom stereocenters. The van der Waals surface area contributed by atoms with Crippen molar-refractivity contribution in [2.24, 2.45) is 17.4 Å². The molecule has 0 aromatic heterocycles. The Labute approximate surface area is 74.3 Å². The van der Waals surface area contributed by atoms with E-state index in [4.69, 9.17) is 23.1 Å². The van der Waals surface area contributed by atoms with Crippen LogP contribution in [0, 0.1) is 5.92 Å². The van der Waals surface area contributed by atoms with Crippen molar-refractivity contribution < 1.29 is 0 Å². The molecule has 0 aromatic carbocycles. The van der Waals surface area contributed by atoms with Gasteiger partial charge in [-0.1, -0.05) is 13.3 Å². The molecule has 3 heteroatoms. The molecule has 0 aliphatic rings.